The van der Waals surface area contributed by atoms with Crippen molar-refractivity contribution in [1.82, 2.24) is 9.88 Å². The maximum absolute atomic E-state index is 5.78. The summed E-state index contributed by atoms with van der Waals surface area (Å²) in [7, 11) is 0. The van der Waals surface area contributed by atoms with E-state index in [2.05, 4.69) is 40.2 Å². The highest BCUT2D eigenvalue weighted by molar-refractivity contribution is 7.15. The lowest BCUT2D eigenvalue weighted by Crippen LogP contribution is -2.28. The third-order valence-electron chi connectivity index (χ3n) is 3.90. The molecule has 0 radical (unpaired) electrons. The van der Waals surface area contributed by atoms with Gasteiger partial charge in [0.25, 0.3) is 0 Å². The van der Waals surface area contributed by atoms with Crippen LogP contribution in [0.1, 0.15) is 22.6 Å². The fourth-order valence-corrected chi connectivity index (χ4v) is 3.67. The number of hydrogen-bond donors (Lipinski definition) is 1. The molecule has 0 bridgehead atoms. The van der Waals surface area contributed by atoms with Crippen molar-refractivity contribution < 1.29 is 0 Å². The van der Waals surface area contributed by atoms with Crippen LogP contribution in [0.4, 0.5) is 5.13 Å². The smallest absolute Gasteiger partial charge is 0.180 e. The maximum atomic E-state index is 5.78. The number of nitrogens with two attached hydrogens (primary N) is 1. The summed E-state index contributed by atoms with van der Waals surface area (Å²) in [6.45, 7) is 3.44. The first kappa shape index (κ1) is 13.6. The van der Waals surface area contributed by atoms with Crippen LogP contribution in [-0.4, -0.2) is 29.5 Å². The van der Waals surface area contributed by atoms with Crippen molar-refractivity contribution in [3.05, 3.63) is 46.5 Å². The molecule has 1 aliphatic rings. The van der Waals surface area contributed by atoms with Crippen molar-refractivity contribution >= 4 is 16.5 Å². The Morgan fingerprint density at radius 1 is 1.15 bits per heavy atom. The molecule has 3 nitrogen and oxygen atoms in total. The molecular formula is C16H21N3S. The van der Waals surface area contributed by atoms with E-state index >= 15 is 0 Å². The molecule has 0 spiro atoms. The van der Waals surface area contributed by atoms with Crippen LogP contribution >= 0.6 is 11.3 Å². The van der Waals surface area contributed by atoms with Crippen LogP contribution in [0.15, 0.2) is 30.3 Å². The normalized spacial score (nSPS) is 15.8. The fraction of sp³-hybridized carbons (Fsp3) is 0.438. The fourth-order valence-electron chi connectivity index (χ4n) is 2.80. The molecule has 0 aliphatic carbocycles. The van der Waals surface area contributed by atoms with Gasteiger partial charge >= 0.3 is 0 Å². The summed E-state index contributed by atoms with van der Waals surface area (Å²) in [5.41, 5.74) is 8.46. The molecule has 0 saturated carbocycles. The lowest BCUT2D eigenvalue weighted by Gasteiger charge is -2.19. The van der Waals surface area contributed by atoms with Gasteiger partial charge in [-0.05, 0) is 31.4 Å². The van der Waals surface area contributed by atoms with E-state index in [0.29, 0.717) is 0 Å². The van der Waals surface area contributed by atoms with Gasteiger partial charge in [-0.15, -0.1) is 11.3 Å². The minimum atomic E-state index is 0.729. The first-order valence-electron chi connectivity index (χ1n) is 7.31. The molecule has 0 atom stereocenters. The quantitative estimate of drug-likeness (QED) is 0.940. The largest absolute Gasteiger partial charge is 0.375 e. The van der Waals surface area contributed by atoms with Gasteiger partial charge in [0.15, 0.2) is 5.13 Å². The molecule has 0 fully saturated rings. The average Bonchev–Trinajstić information content (AvgIpc) is 2.72. The van der Waals surface area contributed by atoms with Crippen LogP contribution in [-0.2, 0) is 19.3 Å². The summed E-state index contributed by atoms with van der Waals surface area (Å²) in [5.74, 6) is 0. The molecule has 2 N–H and O–H groups in total. The van der Waals surface area contributed by atoms with Gasteiger partial charge in [0.05, 0.1) is 5.69 Å². The van der Waals surface area contributed by atoms with Gasteiger partial charge in [0.1, 0.15) is 0 Å². The second-order valence-electron chi connectivity index (χ2n) is 5.35. The number of anilines is 1. The number of rotatable bonds is 4. The van der Waals surface area contributed by atoms with Crippen molar-refractivity contribution in [3.8, 4) is 0 Å². The Kier molecular flexibility index (Phi) is 4.33. The number of nitrogen functional groups attached to an aromatic ring is 1. The predicted octanol–water partition coefficient (Wildman–Crippen LogP) is 2.76. The third-order valence-corrected chi connectivity index (χ3v) is 4.88. The van der Waals surface area contributed by atoms with Gasteiger partial charge in [-0.3, -0.25) is 0 Å². The Balaban J connectivity index is 1.47. The molecule has 3 rings (SSSR count). The molecule has 2 aromatic rings. The average molecular weight is 287 g/mol. The first-order chi connectivity index (χ1) is 9.81. The van der Waals surface area contributed by atoms with Crippen LogP contribution in [0.5, 0.6) is 0 Å². The molecule has 106 valence electrons. The summed E-state index contributed by atoms with van der Waals surface area (Å²) in [6, 6.07) is 10.7. The molecule has 0 unspecified atom stereocenters. The first-order valence-corrected chi connectivity index (χ1v) is 8.13. The Labute approximate surface area is 124 Å². The highest BCUT2D eigenvalue weighted by Crippen LogP contribution is 2.24. The van der Waals surface area contributed by atoms with Crippen LogP contribution in [0.2, 0.25) is 0 Å². The molecule has 2 heterocycles. The Morgan fingerprint density at radius 2 is 1.95 bits per heavy atom. The maximum Gasteiger partial charge on any atom is 0.180 e. The van der Waals surface area contributed by atoms with E-state index in [9.17, 15) is 0 Å². The minimum Gasteiger partial charge on any atom is -0.375 e. The zero-order valence-corrected chi connectivity index (χ0v) is 12.5. The number of benzene rings is 1. The number of aromatic nitrogens is 1. The Morgan fingerprint density at radius 3 is 2.80 bits per heavy atom. The standard InChI is InChI=1S/C16H21N3S/c17-16-18-14-8-11-19(12-9-15(14)20-16)10-4-7-13-5-2-1-3-6-13/h1-3,5-6H,4,7-12H2,(H2,17,18). The predicted molar refractivity (Wildman–Crippen MR) is 85.1 cm³/mol. The second-order valence-corrected chi connectivity index (χ2v) is 6.47. The molecule has 1 aromatic heterocycles. The monoisotopic (exact) mass is 287 g/mol. The molecule has 1 aromatic carbocycles. The zero-order chi connectivity index (χ0) is 13.8. The van der Waals surface area contributed by atoms with E-state index in [1.54, 1.807) is 11.3 Å². The summed E-state index contributed by atoms with van der Waals surface area (Å²) < 4.78 is 0. The lowest BCUT2D eigenvalue weighted by molar-refractivity contribution is 0.284. The number of thiazole rings is 1. The number of fused-ring (bicyclic) bond motifs is 1. The summed E-state index contributed by atoms with van der Waals surface area (Å²) in [4.78, 5) is 8.40. The molecule has 1 aliphatic heterocycles. The number of nitrogens with zero attached hydrogens (tertiary/aromatic N) is 2. The molecule has 0 amide bonds. The van der Waals surface area contributed by atoms with E-state index in [-0.39, 0.29) is 0 Å². The molecule has 0 saturated heterocycles. The van der Waals surface area contributed by atoms with Gasteiger partial charge < -0.3 is 10.6 Å². The highest BCUT2D eigenvalue weighted by Gasteiger charge is 2.17. The van der Waals surface area contributed by atoms with Gasteiger partial charge in [0, 0.05) is 24.4 Å². The second kappa shape index (κ2) is 6.37. The van der Waals surface area contributed by atoms with E-state index in [0.717, 1.165) is 31.1 Å². The highest BCUT2D eigenvalue weighted by atomic mass is 32.1. The van der Waals surface area contributed by atoms with E-state index in [4.69, 9.17) is 5.73 Å². The SMILES string of the molecule is Nc1nc2c(s1)CCN(CCCc1ccccc1)CC2. The van der Waals surface area contributed by atoms with Gasteiger partial charge in [-0.1, -0.05) is 30.3 Å². The molecule has 4 heteroatoms. The van der Waals surface area contributed by atoms with Gasteiger partial charge in [0.2, 0.25) is 0 Å². The van der Waals surface area contributed by atoms with Gasteiger partial charge in [-0.25, -0.2) is 4.98 Å². The zero-order valence-electron chi connectivity index (χ0n) is 11.7. The molecule has 20 heavy (non-hydrogen) atoms. The van der Waals surface area contributed by atoms with Crippen LogP contribution < -0.4 is 5.73 Å². The number of hydrogen-bond acceptors (Lipinski definition) is 4. The topological polar surface area (TPSA) is 42.1 Å². The van der Waals surface area contributed by atoms with Crippen molar-refractivity contribution in [2.75, 3.05) is 25.4 Å². The van der Waals surface area contributed by atoms with Crippen LogP contribution in [0.3, 0.4) is 0 Å². The van der Waals surface area contributed by atoms with Crippen molar-refractivity contribution in [3.63, 3.8) is 0 Å². The Hall–Kier alpha value is -1.39. The van der Waals surface area contributed by atoms with E-state index in [1.807, 2.05) is 0 Å². The van der Waals surface area contributed by atoms with E-state index in [1.165, 1.54) is 35.5 Å². The Bertz CT molecular complexity index is 525. The summed E-state index contributed by atoms with van der Waals surface area (Å²) in [6.07, 6.45) is 4.56. The minimum absolute atomic E-state index is 0.729. The van der Waals surface area contributed by atoms with Crippen molar-refractivity contribution in [2.45, 2.75) is 25.7 Å². The van der Waals surface area contributed by atoms with Crippen LogP contribution in [0.25, 0.3) is 0 Å². The number of aryl methyl sites for hydroxylation is 1. The molecular weight excluding hydrogens is 266 g/mol. The third kappa shape index (κ3) is 3.38. The lowest BCUT2D eigenvalue weighted by atomic mass is 10.1. The summed E-state index contributed by atoms with van der Waals surface area (Å²) in [5, 5.41) is 0.729. The van der Waals surface area contributed by atoms with E-state index < -0.39 is 0 Å². The van der Waals surface area contributed by atoms with Crippen molar-refractivity contribution in [2.24, 2.45) is 0 Å². The van der Waals surface area contributed by atoms with Gasteiger partial charge in [-0.2, -0.15) is 0 Å². The summed E-state index contributed by atoms with van der Waals surface area (Å²) >= 11 is 1.67. The van der Waals surface area contributed by atoms with Crippen LogP contribution in [0, 0.1) is 0 Å². The van der Waals surface area contributed by atoms with Crippen molar-refractivity contribution in [1.29, 1.82) is 0 Å².